The molecule has 2 rings (SSSR count). The van der Waals surface area contributed by atoms with E-state index in [-0.39, 0.29) is 17.0 Å². The zero-order valence-electron chi connectivity index (χ0n) is 12.9. The Balaban J connectivity index is 1.98. The van der Waals surface area contributed by atoms with E-state index >= 15 is 0 Å². The summed E-state index contributed by atoms with van der Waals surface area (Å²) in [6.45, 7) is 9.79. The standard InChI is InChI=1S/C16H28N2O/c1-15(2)9-6-10-16(3,4)18(15)19-12-14-8-5-7-13(14)11-17/h13-14H,5-10,12H2,1-4H3/t13-,14-/m0/s1. The van der Waals surface area contributed by atoms with E-state index in [1.54, 1.807) is 0 Å². The highest BCUT2D eigenvalue weighted by Crippen LogP contribution is 2.39. The third-order valence-electron chi connectivity index (χ3n) is 4.92. The number of nitriles is 1. The van der Waals surface area contributed by atoms with Crippen LogP contribution < -0.4 is 0 Å². The van der Waals surface area contributed by atoms with Crippen LogP contribution in [0.4, 0.5) is 0 Å². The minimum Gasteiger partial charge on any atom is -0.298 e. The number of rotatable bonds is 3. The van der Waals surface area contributed by atoms with E-state index in [0.717, 1.165) is 12.8 Å². The Bertz CT molecular complexity index is 340. The van der Waals surface area contributed by atoms with Gasteiger partial charge in [0.15, 0.2) is 0 Å². The first kappa shape index (κ1) is 14.8. The number of hydrogen-bond donors (Lipinski definition) is 0. The molecule has 1 aliphatic heterocycles. The summed E-state index contributed by atoms with van der Waals surface area (Å²) in [7, 11) is 0. The van der Waals surface area contributed by atoms with Gasteiger partial charge in [0.05, 0.1) is 18.6 Å². The van der Waals surface area contributed by atoms with Gasteiger partial charge in [-0.05, 0) is 59.8 Å². The van der Waals surface area contributed by atoms with Gasteiger partial charge in [-0.15, -0.1) is 0 Å². The fourth-order valence-corrected chi connectivity index (χ4v) is 3.90. The van der Waals surface area contributed by atoms with E-state index in [1.165, 1.54) is 25.7 Å². The molecule has 2 aliphatic rings. The van der Waals surface area contributed by atoms with Crippen LogP contribution in [0, 0.1) is 23.2 Å². The number of nitrogens with zero attached hydrogens (tertiary/aromatic N) is 2. The van der Waals surface area contributed by atoms with E-state index in [1.807, 2.05) is 0 Å². The van der Waals surface area contributed by atoms with Gasteiger partial charge in [0.2, 0.25) is 0 Å². The maximum atomic E-state index is 9.16. The molecule has 0 N–H and O–H groups in total. The molecule has 1 aliphatic carbocycles. The molecule has 0 spiro atoms. The predicted molar refractivity (Wildman–Crippen MR) is 76.2 cm³/mol. The van der Waals surface area contributed by atoms with Gasteiger partial charge in [0.1, 0.15) is 0 Å². The fraction of sp³-hybridized carbons (Fsp3) is 0.938. The van der Waals surface area contributed by atoms with Crippen molar-refractivity contribution in [1.82, 2.24) is 5.06 Å². The van der Waals surface area contributed by atoms with Gasteiger partial charge in [-0.2, -0.15) is 10.3 Å². The van der Waals surface area contributed by atoms with Crippen molar-refractivity contribution in [3.63, 3.8) is 0 Å². The Kier molecular flexibility index (Phi) is 4.23. The summed E-state index contributed by atoms with van der Waals surface area (Å²) < 4.78 is 0. The van der Waals surface area contributed by atoms with Crippen LogP contribution in [-0.4, -0.2) is 22.7 Å². The van der Waals surface area contributed by atoms with Gasteiger partial charge in [-0.3, -0.25) is 4.84 Å². The third-order valence-corrected chi connectivity index (χ3v) is 4.92. The van der Waals surface area contributed by atoms with Crippen molar-refractivity contribution in [3.05, 3.63) is 0 Å². The SMILES string of the molecule is CC1(C)CCCC(C)(C)N1OC[C@@H]1CCC[C@H]1C#N. The van der Waals surface area contributed by atoms with Crippen molar-refractivity contribution in [1.29, 1.82) is 5.26 Å². The number of hydroxylamine groups is 2. The quantitative estimate of drug-likeness (QED) is 0.775. The molecule has 3 heteroatoms. The second-order valence-electron chi connectivity index (χ2n) is 7.50. The van der Waals surface area contributed by atoms with Gasteiger partial charge in [-0.1, -0.05) is 6.42 Å². The molecule has 2 atom stereocenters. The molecule has 0 aromatic heterocycles. The molecule has 0 aromatic carbocycles. The van der Waals surface area contributed by atoms with E-state index in [4.69, 9.17) is 10.1 Å². The Hall–Kier alpha value is -0.590. The number of piperidine rings is 1. The molecule has 108 valence electrons. The molecular formula is C16H28N2O. The summed E-state index contributed by atoms with van der Waals surface area (Å²) in [5.41, 5.74) is 0.199. The molecule has 0 amide bonds. The van der Waals surface area contributed by atoms with Crippen molar-refractivity contribution < 1.29 is 4.84 Å². The minimum atomic E-state index is 0.0997. The summed E-state index contributed by atoms with van der Waals surface area (Å²) in [6.07, 6.45) is 7.01. The lowest BCUT2D eigenvalue weighted by Crippen LogP contribution is -2.58. The van der Waals surface area contributed by atoms with Gasteiger partial charge < -0.3 is 0 Å². The molecule has 0 aromatic rings. The first-order chi connectivity index (χ1) is 8.87. The lowest BCUT2D eigenvalue weighted by molar-refractivity contribution is -0.286. The maximum Gasteiger partial charge on any atom is 0.0726 e. The zero-order valence-corrected chi connectivity index (χ0v) is 12.9. The molecule has 3 nitrogen and oxygen atoms in total. The van der Waals surface area contributed by atoms with Crippen LogP contribution in [0.25, 0.3) is 0 Å². The van der Waals surface area contributed by atoms with Crippen LogP contribution in [0.3, 0.4) is 0 Å². The third kappa shape index (κ3) is 3.12. The monoisotopic (exact) mass is 264 g/mol. The maximum absolute atomic E-state index is 9.16. The summed E-state index contributed by atoms with van der Waals surface area (Å²) in [6, 6.07) is 2.44. The van der Waals surface area contributed by atoms with Crippen LogP contribution >= 0.6 is 0 Å². The second-order valence-corrected chi connectivity index (χ2v) is 7.50. The Labute approximate surface area is 117 Å². The van der Waals surface area contributed by atoms with E-state index in [2.05, 4.69) is 38.8 Å². The molecule has 1 heterocycles. The first-order valence-electron chi connectivity index (χ1n) is 7.70. The van der Waals surface area contributed by atoms with Crippen molar-refractivity contribution in [2.45, 2.75) is 77.3 Å². The molecular weight excluding hydrogens is 236 g/mol. The van der Waals surface area contributed by atoms with E-state index in [9.17, 15) is 0 Å². The highest BCUT2D eigenvalue weighted by molar-refractivity contribution is 4.94. The van der Waals surface area contributed by atoms with Crippen molar-refractivity contribution in [2.75, 3.05) is 6.61 Å². The first-order valence-corrected chi connectivity index (χ1v) is 7.70. The average Bonchev–Trinajstić information content (AvgIpc) is 2.74. The van der Waals surface area contributed by atoms with Gasteiger partial charge in [0.25, 0.3) is 0 Å². The average molecular weight is 264 g/mol. The molecule has 1 saturated carbocycles. The van der Waals surface area contributed by atoms with Crippen molar-refractivity contribution in [3.8, 4) is 6.07 Å². The highest BCUT2D eigenvalue weighted by atomic mass is 16.7. The summed E-state index contributed by atoms with van der Waals surface area (Å²) in [5.74, 6) is 0.634. The largest absolute Gasteiger partial charge is 0.298 e. The molecule has 0 unspecified atom stereocenters. The van der Waals surface area contributed by atoms with Gasteiger partial charge in [-0.25, -0.2) is 0 Å². The predicted octanol–water partition coefficient (Wildman–Crippen LogP) is 3.90. The van der Waals surface area contributed by atoms with Crippen LogP contribution in [0.1, 0.15) is 66.2 Å². The van der Waals surface area contributed by atoms with Gasteiger partial charge in [0, 0.05) is 17.0 Å². The van der Waals surface area contributed by atoms with Crippen molar-refractivity contribution in [2.24, 2.45) is 11.8 Å². The molecule has 1 saturated heterocycles. The smallest absolute Gasteiger partial charge is 0.0726 e. The Morgan fingerprint density at radius 3 is 2.32 bits per heavy atom. The van der Waals surface area contributed by atoms with Gasteiger partial charge >= 0.3 is 0 Å². The lowest BCUT2D eigenvalue weighted by atomic mass is 9.82. The van der Waals surface area contributed by atoms with Crippen molar-refractivity contribution >= 4 is 0 Å². The van der Waals surface area contributed by atoms with Crippen LogP contribution in [0.2, 0.25) is 0 Å². The zero-order chi connectivity index (χ0) is 14.1. The second kappa shape index (κ2) is 5.42. The van der Waals surface area contributed by atoms with E-state index < -0.39 is 0 Å². The molecule has 19 heavy (non-hydrogen) atoms. The normalized spacial score (nSPS) is 34.1. The summed E-state index contributed by atoms with van der Waals surface area (Å²) in [5, 5.41) is 11.4. The summed E-state index contributed by atoms with van der Waals surface area (Å²) >= 11 is 0. The lowest BCUT2D eigenvalue weighted by Gasteiger charge is -2.51. The summed E-state index contributed by atoms with van der Waals surface area (Å²) in [4.78, 5) is 6.21. The van der Waals surface area contributed by atoms with Crippen LogP contribution in [0.5, 0.6) is 0 Å². The molecule has 2 fully saturated rings. The van der Waals surface area contributed by atoms with Crippen LogP contribution in [0.15, 0.2) is 0 Å². The highest BCUT2D eigenvalue weighted by Gasteiger charge is 2.43. The molecule has 0 bridgehead atoms. The molecule has 0 radical (unpaired) electrons. The number of hydrogen-bond acceptors (Lipinski definition) is 3. The Morgan fingerprint density at radius 2 is 1.74 bits per heavy atom. The minimum absolute atomic E-state index is 0.0997. The fourth-order valence-electron chi connectivity index (χ4n) is 3.90. The van der Waals surface area contributed by atoms with Crippen LogP contribution in [-0.2, 0) is 4.84 Å². The van der Waals surface area contributed by atoms with E-state index in [0.29, 0.717) is 12.5 Å². The Morgan fingerprint density at radius 1 is 1.11 bits per heavy atom. The topological polar surface area (TPSA) is 36.3 Å².